The molecular formula is C17H17N3O4S. The van der Waals surface area contributed by atoms with Crippen LogP contribution in [0.4, 0.5) is 5.69 Å². The van der Waals surface area contributed by atoms with Gasteiger partial charge in [-0.25, -0.2) is 0 Å². The van der Waals surface area contributed by atoms with Crippen LogP contribution in [0.15, 0.2) is 28.8 Å². The smallest absolute Gasteiger partial charge is 0.259 e. The van der Waals surface area contributed by atoms with Crippen molar-refractivity contribution in [2.24, 2.45) is 0 Å². The summed E-state index contributed by atoms with van der Waals surface area (Å²) in [7, 11) is 3.03. The van der Waals surface area contributed by atoms with Gasteiger partial charge < -0.3 is 19.3 Å². The first-order chi connectivity index (χ1) is 12.0. The second-order valence-electron chi connectivity index (χ2n) is 5.21. The Labute approximate surface area is 148 Å². The van der Waals surface area contributed by atoms with Crippen LogP contribution in [0.3, 0.4) is 0 Å². The minimum Gasteiger partial charge on any atom is -0.493 e. The minimum atomic E-state index is -0.285. The highest BCUT2D eigenvalue weighted by Gasteiger charge is 2.19. The Kier molecular flexibility index (Phi) is 4.71. The van der Waals surface area contributed by atoms with Crippen LogP contribution < -0.4 is 14.8 Å². The van der Waals surface area contributed by atoms with Gasteiger partial charge in [-0.05, 0) is 25.1 Å². The average molecular weight is 359 g/mol. The zero-order chi connectivity index (χ0) is 18.0. The Morgan fingerprint density at radius 2 is 2.04 bits per heavy atom. The van der Waals surface area contributed by atoms with Crippen molar-refractivity contribution in [2.75, 3.05) is 19.5 Å². The van der Waals surface area contributed by atoms with E-state index in [9.17, 15) is 4.79 Å². The van der Waals surface area contributed by atoms with Gasteiger partial charge in [-0.3, -0.25) is 4.79 Å². The number of carbonyl (C=O) groups excluding carboxylic acids is 1. The van der Waals surface area contributed by atoms with Crippen LogP contribution in [-0.2, 0) is 0 Å². The number of aromatic nitrogens is 2. The van der Waals surface area contributed by atoms with E-state index < -0.39 is 0 Å². The second-order valence-corrected chi connectivity index (χ2v) is 6.47. The van der Waals surface area contributed by atoms with Gasteiger partial charge in [-0.2, -0.15) is 4.98 Å². The van der Waals surface area contributed by atoms with Gasteiger partial charge in [-0.1, -0.05) is 11.2 Å². The highest BCUT2D eigenvalue weighted by atomic mass is 32.1. The summed E-state index contributed by atoms with van der Waals surface area (Å²) >= 11 is 1.48. The van der Waals surface area contributed by atoms with E-state index >= 15 is 0 Å². The van der Waals surface area contributed by atoms with Gasteiger partial charge in [0, 0.05) is 11.8 Å². The largest absolute Gasteiger partial charge is 0.493 e. The molecule has 7 nitrogen and oxygen atoms in total. The molecule has 0 spiro atoms. The van der Waals surface area contributed by atoms with Crippen molar-refractivity contribution in [3.63, 3.8) is 0 Å². The van der Waals surface area contributed by atoms with Crippen LogP contribution >= 0.6 is 11.3 Å². The van der Waals surface area contributed by atoms with E-state index in [4.69, 9.17) is 14.0 Å². The number of anilines is 1. The average Bonchev–Trinajstić information content (AvgIpc) is 3.20. The van der Waals surface area contributed by atoms with Gasteiger partial charge >= 0.3 is 0 Å². The van der Waals surface area contributed by atoms with Crippen LogP contribution in [0.25, 0.3) is 10.7 Å². The van der Waals surface area contributed by atoms with Gasteiger partial charge in [0.1, 0.15) is 0 Å². The summed E-state index contributed by atoms with van der Waals surface area (Å²) in [5, 5.41) is 6.80. The maximum atomic E-state index is 12.7. The molecule has 3 aromatic rings. The molecule has 1 N–H and O–H groups in total. The molecule has 0 bridgehead atoms. The second kappa shape index (κ2) is 6.94. The topological polar surface area (TPSA) is 86.5 Å². The number of hydrogen-bond acceptors (Lipinski definition) is 7. The Morgan fingerprint density at radius 3 is 2.68 bits per heavy atom. The summed E-state index contributed by atoms with van der Waals surface area (Å²) in [6, 6.07) is 6.99. The first-order valence-electron chi connectivity index (χ1n) is 7.47. The monoisotopic (exact) mass is 359 g/mol. The van der Waals surface area contributed by atoms with E-state index in [0.717, 1.165) is 9.75 Å². The van der Waals surface area contributed by atoms with Crippen LogP contribution in [0.2, 0.25) is 0 Å². The van der Waals surface area contributed by atoms with Gasteiger partial charge in [-0.15, -0.1) is 11.3 Å². The number of methoxy groups -OCH3 is 2. The molecule has 1 aromatic carbocycles. The van der Waals surface area contributed by atoms with Crippen LogP contribution in [0.1, 0.15) is 21.1 Å². The standard InChI is InChI=1S/C17H17N3O4S/c1-9-12(8-14(25-9)16-18-10(2)24-20-16)19-17(21)11-6-5-7-13(22-3)15(11)23-4/h5-8H,1-4H3,(H,19,21). The number of thiophene rings is 1. The minimum absolute atomic E-state index is 0.285. The highest BCUT2D eigenvalue weighted by molar-refractivity contribution is 7.16. The Morgan fingerprint density at radius 1 is 1.24 bits per heavy atom. The molecule has 0 saturated carbocycles. The van der Waals surface area contributed by atoms with E-state index in [1.165, 1.54) is 25.6 Å². The van der Waals surface area contributed by atoms with Crippen molar-refractivity contribution in [3.05, 3.63) is 40.6 Å². The number of hydrogen-bond donors (Lipinski definition) is 1. The normalized spacial score (nSPS) is 10.6. The van der Waals surface area contributed by atoms with Crippen molar-refractivity contribution >= 4 is 22.9 Å². The Bertz CT molecular complexity index is 917. The number of para-hydroxylation sites is 1. The lowest BCUT2D eigenvalue weighted by molar-refractivity contribution is 0.102. The number of nitrogens with one attached hydrogen (secondary N) is 1. The van der Waals surface area contributed by atoms with Gasteiger partial charge in [0.2, 0.25) is 11.7 Å². The van der Waals surface area contributed by atoms with E-state index in [0.29, 0.717) is 34.5 Å². The van der Waals surface area contributed by atoms with E-state index in [-0.39, 0.29) is 5.91 Å². The fraction of sp³-hybridized carbons (Fsp3) is 0.235. The van der Waals surface area contributed by atoms with Crippen LogP contribution in [-0.4, -0.2) is 30.3 Å². The molecule has 0 fully saturated rings. The third kappa shape index (κ3) is 3.34. The maximum Gasteiger partial charge on any atom is 0.259 e. The quantitative estimate of drug-likeness (QED) is 0.748. The summed E-state index contributed by atoms with van der Waals surface area (Å²) in [4.78, 5) is 18.6. The zero-order valence-electron chi connectivity index (χ0n) is 14.2. The number of rotatable bonds is 5. The Balaban J connectivity index is 1.88. The Hall–Kier alpha value is -2.87. The molecular weight excluding hydrogens is 342 g/mol. The van der Waals surface area contributed by atoms with Gasteiger partial charge in [0.15, 0.2) is 11.5 Å². The molecule has 1 amide bonds. The first kappa shape index (κ1) is 17.0. The molecule has 2 aromatic heterocycles. The molecule has 0 radical (unpaired) electrons. The number of nitrogens with zero attached hydrogens (tertiary/aromatic N) is 2. The van der Waals surface area contributed by atoms with E-state index in [2.05, 4.69) is 15.5 Å². The highest BCUT2D eigenvalue weighted by Crippen LogP contribution is 2.35. The van der Waals surface area contributed by atoms with Crippen molar-refractivity contribution in [3.8, 4) is 22.2 Å². The summed E-state index contributed by atoms with van der Waals surface area (Å²) in [6.45, 7) is 3.65. The van der Waals surface area contributed by atoms with Crippen molar-refractivity contribution in [2.45, 2.75) is 13.8 Å². The molecule has 0 atom stereocenters. The third-order valence-electron chi connectivity index (χ3n) is 3.56. The first-order valence-corrected chi connectivity index (χ1v) is 8.28. The molecule has 2 heterocycles. The fourth-order valence-corrected chi connectivity index (χ4v) is 3.27. The lowest BCUT2D eigenvalue weighted by atomic mass is 10.1. The molecule has 3 rings (SSSR count). The molecule has 0 aliphatic rings. The van der Waals surface area contributed by atoms with Gasteiger partial charge in [0.25, 0.3) is 5.91 Å². The molecule has 25 heavy (non-hydrogen) atoms. The summed E-state index contributed by atoms with van der Waals surface area (Å²) in [5.74, 6) is 1.61. The van der Waals surface area contributed by atoms with Crippen molar-refractivity contribution in [1.29, 1.82) is 0 Å². The van der Waals surface area contributed by atoms with E-state index in [1.54, 1.807) is 25.1 Å². The van der Waals surface area contributed by atoms with Crippen molar-refractivity contribution < 1.29 is 18.8 Å². The molecule has 0 aliphatic carbocycles. The fourth-order valence-electron chi connectivity index (χ4n) is 2.37. The molecule has 8 heteroatoms. The van der Waals surface area contributed by atoms with Crippen LogP contribution in [0.5, 0.6) is 11.5 Å². The summed E-state index contributed by atoms with van der Waals surface area (Å²) in [5.41, 5.74) is 1.08. The summed E-state index contributed by atoms with van der Waals surface area (Å²) < 4.78 is 15.6. The maximum absolute atomic E-state index is 12.7. The van der Waals surface area contributed by atoms with Gasteiger partial charge in [0.05, 0.1) is 30.3 Å². The van der Waals surface area contributed by atoms with Crippen molar-refractivity contribution in [1.82, 2.24) is 10.1 Å². The molecule has 0 saturated heterocycles. The SMILES string of the molecule is COc1cccc(C(=O)Nc2cc(-c3noc(C)n3)sc2C)c1OC. The lowest BCUT2D eigenvalue weighted by Crippen LogP contribution is -2.13. The van der Waals surface area contributed by atoms with E-state index in [1.807, 2.05) is 13.0 Å². The predicted octanol–water partition coefficient (Wildman–Crippen LogP) is 3.68. The third-order valence-corrected chi connectivity index (χ3v) is 4.61. The molecule has 0 aliphatic heterocycles. The zero-order valence-corrected chi connectivity index (χ0v) is 15.1. The van der Waals surface area contributed by atoms with Crippen LogP contribution in [0, 0.1) is 13.8 Å². The number of carbonyl (C=O) groups is 1. The lowest BCUT2D eigenvalue weighted by Gasteiger charge is -2.12. The number of benzene rings is 1. The molecule has 0 unspecified atom stereocenters. The summed E-state index contributed by atoms with van der Waals surface area (Å²) in [6.07, 6.45) is 0. The molecule has 130 valence electrons. The number of aryl methyl sites for hydroxylation is 2. The number of amides is 1. The predicted molar refractivity (Wildman–Crippen MR) is 94.6 cm³/mol. The number of ether oxygens (including phenoxy) is 2.